The first-order valence-corrected chi connectivity index (χ1v) is 7.68. The number of nitrogens with one attached hydrogen (secondary N) is 1. The molecular formula is C10H20N2O5S. The molecule has 0 spiro atoms. The molecule has 0 radical (unpaired) electrons. The van der Waals surface area contributed by atoms with E-state index >= 15 is 0 Å². The third-order valence-electron chi connectivity index (χ3n) is 2.74. The minimum Gasteiger partial charge on any atom is -0.448 e. The van der Waals surface area contributed by atoms with Gasteiger partial charge in [0.05, 0.1) is 18.1 Å². The topological polar surface area (TPSA) is 95.9 Å². The molecule has 1 amide bonds. The van der Waals surface area contributed by atoms with Gasteiger partial charge in [0.25, 0.3) is 0 Å². The van der Waals surface area contributed by atoms with Crippen LogP contribution in [0.4, 0.5) is 4.79 Å². The molecule has 0 aromatic rings. The standard InChI is InChI=1S/C10H20N2O5S/c1-12(3-5-13)4-6-17-10(14)11-9-2-7-18(15,16)8-9/h9,13H,2-8H2,1H3,(H,11,14)/t9-/m1/s1. The highest BCUT2D eigenvalue weighted by atomic mass is 32.2. The molecule has 0 aromatic heterocycles. The number of hydrogen-bond acceptors (Lipinski definition) is 6. The van der Waals surface area contributed by atoms with Gasteiger partial charge in [-0.25, -0.2) is 13.2 Å². The minimum absolute atomic E-state index is 0.00743. The fourth-order valence-corrected chi connectivity index (χ4v) is 3.37. The molecule has 1 aliphatic rings. The second-order valence-electron chi connectivity index (χ2n) is 4.41. The molecule has 0 saturated carbocycles. The molecule has 106 valence electrons. The zero-order chi connectivity index (χ0) is 13.6. The number of alkyl carbamates (subject to hydrolysis) is 1. The number of carbonyl (C=O) groups is 1. The molecule has 1 aliphatic heterocycles. The molecule has 1 heterocycles. The van der Waals surface area contributed by atoms with Crippen LogP contribution in [0.1, 0.15) is 6.42 Å². The Hall–Kier alpha value is -0.860. The molecule has 8 heteroatoms. The molecule has 7 nitrogen and oxygen atoms in total. The number of sulfone groups is 1. The molecule has 0 bridgehead atoms. The Morgan fingerprint density at radius 1 is 1.50 bits per heavy atom. The average Bonchev–Trinajstić information content (AvgIpc) is 2.58. The van der Waals surface area contributed by atoms with Crippen LogP contribution in [0, 0.1) is 0 Å². The summed E-state index contributed by atoms with van der Waals surface area (Å²) in [5.41, 5.74) is 0. The Labute approximate surface area is 107 Å². The van der Waals surface area contributed by atoms with Gasteiger partial charge in [-0.05, 0) is 13.5 Å². The van der Waals surface area contributed by atoms with Crippen LogP contribution >= 0.6 is 0 Å². The van der Waals surface area contributed by atoms with E-state index in [9.17, 15) is 13.2 Å². The summed E-state index contributed by atoms with van der Waals surface area (Å²) in [6, 6.07) is -0.335. The van der Waals surface area contributed by atoms with E-state index in [1.165, 1.54) is 0 Å². The first-order chi connectivity index (χ1) is 8.43. The number of aliphatic hydroxyl groups is 1. The van der Waals surface area contributed by atoms with Crippen molar-refractivity contribution in [2.45, 2.75) is 12.5 Å². The van der Waals surface area contributed by atoms with Gasteiger partial charge in [0.2, 0.25) is 0 Å². The molecule has 2 N–H and O–H groups in total. The van der Waals surface area contributed by atoms with E-state index in [1.54, 1.807) is 7.05 Å². The van der Waals surface area contributed by atoms with Crippen LogP contribution < -0.4 is 5.32 Å². The van der Waals surface area contributed by atoms with Crippen LogP contribution in [0.15, 0.2) is 0 Å². The number of aliphatic hydroxyl groups excluding tert-OH is 1. The van der Waals surface area contributed by atoms with Crippen LogP contribution in [-0.4, -0.2) is 75.4 Å². The highest BCUT2D eigenvalue weighted by molar-refractivity contribution is 7.91. The van der Waals surface area contributed by atoms with E-state index in [0.717, 1.165) is 0 Å². The van der Waals surface area contributed by atoms with Crippen molar-refractivity contribution in [3.63, 3.8) is 0 Å². The van der Waals surface area contributed by atoms with E-state index in [2.05, 4.69) is 5.32 Å². The van der Waals surface area contributed by atoms with Crippen molar-refractivity contribution >= 4 is 15.9 Å². The predicted octanol–water partition coefficient (Wildman–Crippen LogP) is -1.18. The van der Waals surface area contributed by atoms with E-state index in [0.29, 0.717) is 19.5 Å². The Morgan fingerprint density at radius 3 is 2.78 bits per heavy atom. The molecular weight excluding hydrogens is 260 g/mol. The fraction of sp³-hybridized carbons (Fsp3) is 0.900. The zero-order valence-electron chi connectivity index (χ0n) is 10.5. The Bertz CT molecular complexity index is 370. The van der Waals surface area contributed by atoms with Gasteiger partial charge in [0.1, 0.15) is 6.61 Å². The highest BCUT2D eigenvalue weighted by Crippen LogP contribution is 2.11. The average molecular weight is 280 g/mol. The van der Waals surface area contributed by atoms with E-state index < -0.39 is 15.9 Å². The van der Waals surface area contributed by atoms with Crippen molar-refractivity contribution in [2.24, 2.45) is 0 Å². The molecule has 1 atom stereocenters. The minimum atomic E-state index is -2.99. The van der Waals surface area contributed by atoms with Gasteiger partial charge in [0, 0.05) is 19.1 Å². The lowest BCUT2D eigenvalue weighted by Crippen LogP contribution is -2.37. The number of rotatable bonds is 6. The predicted molar refractivity (Wildman–Crippen MR) is 66.1 cm³/mol. The van der Waals surface area contributed by atoms with Gasteiger partial charge in [0.15, 0.2) is 9.84 Å². The monoisotopic (exact) mass is 280 g/mol. The second kappa shape index (κ2) is 6.91. The first kappa shape index (κ1) is 15.2. The van der Waals surface area contributed by atoms with Crippen LogP contribution in [0.3, 0.4) is 0 Å². The highest BCUT2D eigenvalue weighted by Gasteiger charge is 2.29. The smallest absolute Gasteiger partial charge is 0.407 e. The van der Waals surface area contributed by atoms with Gasteiger partial charge in [-0.2, -0.15) is 0 Å². The summed E-state index contributed by atoms with van der Waals surface area (Å²) < 4.78 is 27.3. The Morgan fingerprint density at radius 2 is 2.22 bits per heavy atom. The van der Waals surface area contributed by atoms with E-state index in [-0.39, 0.29) is 30.8 Å². The van der Waals surface area contributed by atoms with Gasteiger partial charge in [-0.15, -0.1) is 0 Å². The molecule has 18 heavy (non-hydrogen) atoms. The van der Waals surface area contributed by atoms with Crippen LogP contribution in [0.5, 0.6) is 0 Å². The van der Waals surface area contributed by atoms with Gasteiger partial charge >= 0.3 is 6.09 Å². The summed E-state index contributed by atoms with van der Waals surface area (Å²) in [4.78, 5) is 13.2. The number of ether oxygens (including phenoxy) is 1. The first-order valence-electron chi connectivity index (χ1n) is 5.86. The Balaban J connectivity index is 2.15. The van der Waals surface area contributed by atoms with E-state index in [1.807, 2.05) is 4.90 Å². The summed E-state index contributed by atoms with van der Waals surface area (Å²) in [7, 11) is -1.18. The molecule has 0 unspecified atom stereocenters. The lowest BCUT2D eigenvalue weighted by atomic mass is 10.3. The number of hydrogen-bond donors (Lipinski definition) is 2. The van der Waals surface area contributed by atoms with Crippen LogP contribution in [-0.2, 0) is 14.6 Å². The number of amides is 1. The number of carbonyl (C=O) groups excluding carboxylic acids is 1. The summed E-state index contributed by atoms with van der Waals surface area (Å²) in [6.07, 6.45) is -0.142. The maximum Gasteiger partial charge on any atom is 0.407 e. The second-order valence-corrected chi connectivity index (χ2v) is 6.64. The van der Waals surface area contributed by atoms with Gasteiger partial charge in [-0.1, -0.05) is 0 Å². The number of likely N-dealkylation sites (N-methyl/N-ethyl adjacent to an activating group) is 1. The summed E-state index contributed by atoms with van der Waals surface area (Å²) in [5, 5.41) is 11.2. The normalized spacial score (nSPS) is 22.1. The SMILES string of the molecule is CN(CCO)CCOC(=O)N[C@@H]1CCS(=O)(=O)C1. The maximum absolute atomic E-state index is 11.4. The van der Waals surface area contributed by atoms with Crippen molar-refractivity contribution in [1.82, 2.24) is 10.2 Å². The lowest BCUT2D eigenvalue weighted by Gasteiger charge is -2.16. The summed E-state index contributed by atoms with van der Waals surface area (Å²) >= 11 is 0. The maximum atomic E-state index is 11.4. The summed E-state index contributed by atoms with van der Waals surface area (Å²) in [6.45, 7) is 1.31. The zero-order valence-corrected chi connectivity index (χ0v) is 11.3. The van der Waals surface area contributed by atoms with Crippen LogP contribution in [0.25, 0.3) is 0 Å². The molecule has 1 saturated heterocycles. The number of nitrogens with zero attached hydrogens (tertiary/aromatic N) is 1. The lowest BCUT2D eigenvalue weighted by molar-refractivity contribution is 0.125. The van der Waals surface area contributed by atoms with Crippen molar-refractivity contribution in [3.05, 3.63) is 0 Å². The molecule has 1 fully saturated rings. The molecule has 0 aromatic carbocycles. The van der Waals surface area contributed by atoms with Crippen molar-refractivity contribution in [3.8, 4) is 0 Å². The summed E-state index contributed by atoms with van der Waals surface area (Å²) in [5.74, 6) is 0.115. The third kappa shape index (κ3) is 5.65. The van der Waals surface area contributed by atoms with E-state index in [4.69, 9.17) is 9.84 Å². The Kier molecular flexibility index (Phi) is 5.83. The molecule has 1 rings (SSSR count). The largest absolute Gasteiger partial charge is 0.448 e. The van der Waals surface area contributed by atoms with Crippen molar-refractivity contribution in [2.75, 3.05) is 44.9 Å². The quantitative estimate of drug-likeness (QED) is 0.636. The van der Waals surface area contributed by atoms with Gasteiger partial charge < -0.3 is 20.1 Å². The molecule has 0 aliphatic carbocycles. The fourth-order valence-electron chi connectivity index (χ4n) is 1.69. The van der Waals surface area contributed by atoms with Gasteiger partial charge in [-0.3, -0.25) is 0 Å². The van der Waals surface area contributed by atoms with Crippen molar-refractivity contribution < 1.29 is 23.1 Å². The van der Waals surface area contributed by atoms with Crippen LogP contribution in [0.2, 0.25) is 0 Å². The van der Waals surface area contributed by atoms with Crippen molar-refractivity contribution in [1.29, 1.82) is 0 Å². The third-order valence-corrected chi connectivity index (χ3v) is 4.51.